The summed E-state index contributed by atoms with van der Waals surface area (Å²) in [4.78, 5) is 11.1. The Kier molecular flexibility index (Phi) is 2.01. The van der Waals surface area contributed by atoms with Crippen molar-refractivity contribution < 1.29 is 4.79 Å². The largest absolute Gasteiger partial charge is 0.291 e. The maximum atomic E-state index is 9.90. The molecule has 1 heterocycles. The Labute approximate surface area is 58.3 Å². The standard InChI is InChI=1S/C7H7OS/c1-6-7(2-4-8)3-5-9-6/h3,5H,2H2,1H3. The van der Waals surface area contributed by atoms with Gasteiger partial charge < -0.3 is 0 Å². The van der Waals surface area contributed by atoms with Crippen LogP contribution in [0.25, 0.3) is 0 Å². The molecule has 1 rings (SSSR count). The Hall–Kier alpha value is -0.630. The van der Waals surface area contributed by atoms with Gasteiger partial charge in [0.05, 0.1) is 0 Å². The molecule has 0 spiro atoms. The molecule has 1 aromatic rings. The highest BCUT2D eigenvalue weighted by Crippen LogP contribution is 2.14. The fourth-order valence-electron chi connectivity index (χ4n) is 0.672. The summed E-state index contributed by atoms with van der Waals surface area (Å²) in [5, 5.41) is 1.99. The fraction of sp³-hybridized carbons (Fsp3) is 0.286. The van der Waals surface area contributed by atoms with Crippen molar-refractivity contribution >= 4 is 17.6 Å². The average molecular weight is 139 g/mol. The quantitative estimate of drug-likeness (QED) is 0.609. The number of hydrogen-bond acceptors (Lipinski definition) is 2. The molecule has 0 bridgehead atoms. The van der Waals surface area contributed by atoms with Crippen molar-refractivity contribution in [2.75, 3.05) is 0 Å². The van der Waals surface area contributed by atoms with Crippen LogP contribution in [-0.4, -0.2) is 6.29 Å². The first-order valence-electron chi connectivity index (χ1n) is 2.72. The summed E-state index contributed by atoms with van der Waals surface area (Å²) in [6.45, 7) is 2.01. The molecule has 0 aliphatic heterocycles. The summed E-state index contributed by atoms with van der Waals surface area (Å²) >= 11 is 1.67. The molecular weight excluding hydrogens is 132 g/mol. The first kappa shape index (κ1) is 6.49. The molecule has 0 saturated heterocycles. The minimum Gasteiger partial charge on any atom is -0.291 e. The van der Waals surface area contributed by atoms with Gasteiger partial charge in [-0.15, -0.1) is 11.3 Å². The highest BCUT2D eigenvalue weighted by atomic mass is 32.1. The topological polar surface area (TPSA) is 17.1 Å². The Bertz CT molecular complexity index is 202. The molecule has 2 heteroatoms. The first-order valence-corrected chi connectivity index (χ1v) is 3.60. The van der Waals surface area contributed by atoms with Gasteiger partial charge in [0.2, 0.25) is 6.29 Å². The van der Waals surface area contributed by atoms with Crippen molar-refractivity contribution in [3.63, 3.8) is 0 Å². The summed E-state index contributed by atoms with van der Waals surface area (Å²) in [6, 6.07) is 1.96. The van der Waals surface area contributed by atoms with E-state index in [9.17, 15) is 4.79 Å². The van der Waals surface area contributed by atoms with E-state index in [0.717, 1.165) is 5.56 Å². The molecule has 0 aliphatic rings. The first-order chi connectivity index (χ1) is 4.34. The zero-order chi connectivity index (χ0) is 6.69. The van der Waals surface area contributed by atoms with E-state index in [1.54, 1.807) is 11.3 Å². The molecule has 1 nitrogen and oxygen atoms in total. The smallest absolute Gasteiger partial charge is 0.203 e. The Morgan fingerprint density at radius 1 is 1.78 bits per heavy atom. The van der Waals surface area contributed by atoms with Crippen molar-refractivity contribution in [2.45, 2.75) is 13.3 Å². The van der Waals surface area contributed by atoms with Crippen LogP contribution in [0.2, 0.25) is 0 Å². The molecule has 0 fully saturated rings. The van der Waals surface area contributed by atoms with Crippen LogP contribution in [0.15, 0.2) is 11.4 Å². The molecule has 0 N–H and O–H groups in total. The second kappa shape index (κ2) is 2.78. The second-order valence-electron chi connectivity index (χ2n) is 1.82. The van der Waals surface area contributed by atoms with Crippen LogP contribution >= 0.6 is 11.3 Å². The molecule has 0 atom stereocenters. The van der Waals surface area contributed by atoms with E-state index < -0.39 is 0 Å². The molecule has 0 unspecified atom stereocenters. The van der Waals surface area contributed by atoms with Gasteiger partial charge in [-0.05, 0) is 23.9 Å². The van der Waals surface area contributed by atoms with Crippen LogP contribution in [0.5, 0.6) is 0 Å². The SMILES string of the molecule is Cc1sccc1C[C]=O. The molecule has 1 aromatic heterocycles. The van der Waals surface area contributed by atoms with E-state index in [2.05, 4.69) is 0 Å². The molecule has 0 aliphatic carbocycles. The number of thiophene rings is 1. The van der Waals surface area contributed by atoms with Gasteiger partial charge in [0, 0.05) is 11.3 Å². The zero-order valence-electron chi connectivity index (χ0n) is 5.18. The van der Waals surface area contributed by atoms with Crippen LogP contribution in [0.3, 0.4) is 0 Å². The fourth-order valence-corrected chi connectivity index (χ4v) is 1.40. The molecule has 0 aromatic carbocycles. The van der Waals surface area contributed by atoms with Crippen molar-refractivity contribution in [3.05, 3.63) is 21.9 Å². The van der Waals surface area contributed by atoms with Crippen molar-refractivity contribution in [3.8, 4) is 0 Å². The van der Waals surface area contributed by atoms with Crippen LogP contribution in [0.4, 0.5) is 0 Å². The van der Waals surface area contributed by atoms with Gasteiger partial charge in [0.15, 0.2) is 0 Å². The maximum Gasteiger partial charge on any atom is 0.203 e. The van der Waals surface area contributed by atoms with Gasteiger partial charge in [-0.1, -0.05) is 0 Å². The molecule has 0 amide bonds. The van der Waals surface area contributed by atoms with Crippen LogP contribution in [-0.2, 0) is 11.2 Å². The number of carbonyl (C=O) groups excluding carboxylic acids is 1. The van der Waals surface area contributed by atoms with Gasteiger partial charge in [0.25, 0.3) is 0 Å². The number of rotatable bonds is 2. The van der Waals surface area contributed by atoms with Crippen LogP contribution in [0.1, 0.15) is 10.4 Å². The van der Waals surface area contributed by atoms with E-state index in [-0.39, 0.29) is 0 Å². The third-order valence-electron chi connectivity index (χ3n) is 1.23. The lowest BCUT2D eigenvalue weighted by Crippen LogP contribution is -1.82. The monoisotopic (exact) mass is 139 g/mol. The van der Waals surface area contributed by atoms with Gasteiger partial charge >= 0.3 is 0 Å². The average Bonchev–Trinajstić information content (AvgIpc) is 2.18. The lowest BCUT2D eigenvalue weighted by molar-refractivity contribution is 0.555. The molecule has 47 valence electrons. The van der Waals surface area contributed by atoms with Crippen molar-refractivity contribution in [1.29, 1.82) is 0 Å². The number of hydrogen-bond donors (Lipinski definition) is 0. The summed E-state index contributed by atoms with van der Waals surface area (Å²) in [5.74, 6) is 0. The van der Waals surface area contributed by atoms with E-state index in [4.69, 9.17) is 0 Å². The van der Waals surface area contributed by atoms with Crippen LogP contribution < -0.4 is 0 Å². The van der Waals surface area contributed by atoms with Gasteiger partial charge in [0.1, 0.15) is 0 Å². The highest BCUT2D eigenvalue weighted by Gasteiger charge is 1.96. The predicted molar refractivity (Wildman–Crippen MR) is 38.5 cm³/mol. The minimum absolute atomic E-state index is 0.440. The van der Waals surface area contributed by atoms with E-state index in [1.165, 1.54) is 4.88 Å². The predicted octanol–water partition coefficient (Wildman–Crippen LogP) is 1.71. The summed E-state index contributed by atoms with van der Waals surface area (Å²) in [5.41, 5.74) is 1.11. The molecule has 0 saturated carbocycles. The Morgan fingerprint density at radius 3 is 3.00 bits per heavy atom. The van der Waals surface area contributed by atoms with Gasteiger partial charge in [-0.2, -0.15) is 0 Å². The molecular formula is C7H7OS. The highest BCUT2D eigenvalue weighted by molar-refractivity contribution is 7.10. The van der Waals surface area contributed by atoms with E-state index in [1.807, 2.05) is 24.7 Å². The molecule has 9 heavy (non-hydrogen) atoms. The third kappa shape index (κ3) is 1.39. The number of aryl methyl sites for hydroxylation is 1. The molecule has 1 radical (unpaired) electrons. The lowest BCUT2D eigenvalue weighted by atomic mass is 10.2. The minimum atomic E-state index is 0.440. The Morgan fingerprint density at radius 2 is 2.56 bits per heavy atom. The normalized spacial score (nSPS) is 9.44. The van der Waals surface area contributed by atoms with Crippen LogP contribution in [0, 0.1) is 6.92 Å². The maximum absolute atomic E-state index is 9.90. The zero-order valence-corrected chi connectivity index (χ0v) is 5.99. The van der Waals surface area contributed by atoms with Gasteiger partial charge in [-0.3, -0.25) is 4.79 Å². The van der Waals surface area contributed by atoms with Crippen molar-refractivity contribution in [2.24, 2.45) is 0 Å². The summed E-state index contributed by atoms with van der Waals surface area (Å²) in [6.07, 6.45) is 2.31. The lowest BCUT2D eigenvalue weighted by Gasteiger charge is -1.86. The third-order valence-corrected chi connectivity index (χ3v) is 2.12. The summed E-state index contributed by atoms with van der Waals surface area (Å²) < 4.78 is 0. The van der Waals surface area contributed by atoms with E-state index in [0.29, 0.717) is 6.42 Å². The van der Waals surface area contributed by atoms with Crippen molar-refractivity contribution in [1.82, 2.24) is 0 Å². The van der Waals surface area contributed by atoms with Gasteiger partial charge in [-0.25, -0.2) is 0 Å². The van der Waals surface area contributed by atoms with E-state index >= 15 is 0 Å². The second-order valence-corrected chi connectivity index (χ2v) is 2.94. The summed E-state index contributed by atoms with van der Waals surface area (Å²) in [7, 11) is 0. The Balaban J connectivity index is 2.80.